The number of benzene rings is 2. The molecule has 166 valence electrons. The van der Waals surface area contributed by atoms with E-state index in [2.05, 4.69) is 4.72 Å². The molecule has 0 saturated carbocycles. The number of carbonyl (C=O) groups is 2. The predicted molar refractivity (Wildman–Crippen MR) is 119 cm³/mol. The van der Waals surface area contributed by atoms with Crippen molar-refractivity contribution in [2.24, 2.45) is 0 Å². The summed E-state index contributed by atoms with van der Waals surface area (Å²) in [5, 5.41) is 0. The Hall–Kier alpha value is -3.07. The minimum atomic E-state index is -3.36. The second-order valence-electron chi connectivity index (χ2n) is 7.37. The summed E-state index contributed by atoms with van der Waals surface area (Å²) in [6.45, 7) is 3.75. The lowest BCUT2D eigenvalue weighted by Gasteiger charge is -2.34. The summed E-state index contributed by atoms with van der Waals surface area (Å²) >= 11 is 0. The van der Waals surface area contributed by atoms with Crippen LogP contribution in [0.15, 0.2) is 48.5 Å². The number of anilines is 1. The minimum Gasteiger partial charge on any atom is -0.483 e. The van der Waals surface area contributed by atoms with Crippen molar-refractivity contribution in [2.75, 3.05) is 43.8 Å². The molecule has 0 aromatic heterocycles. The lowest BCUT2D eigenvalue weighted by molar-refractivity contribution is -0.134. The van der Waals surface area contributed by atoms with Crippen molar-refractivity contribution < 1.29 is 22.7 Å². The Bertz CT molecular complexity index is 1030. The van der Waals surface area contributed by atoms with Gasteiger partial charge >= 0.3 is 0 Å². The van der Waals surface area contributed by atoms with Gasteiger partial charge in [-0.2, -0.15) is 0 Å². The zero-order chi connectivity index (χ0) is 22.4. The molecule has 2 aromatic carbocycles. The second-order valence-corrected chi connectivity index (χ2v) is 9.12. The Labute approximate surface area is 182 Å². The highest BCUT2D eigenvalue weighted by atomic mass is 32.2. The summed E-state index contributed by atoms with van der Waals surface area (Å²) in [6.07, 6.45) is 1.90. The van der Waals surface area contributed by atoms with Crippen LogP contribution in [0, 0.1) is 0 Å². The molecular formula is C22H27N3O5S. The third kappa shape index (κ3) is 6.21. The number of sulfonamides is 1. The zero-order valence-electron chi connectivity index (χ0n) is 17.7. The van der Waals surface area contributed by atoms with Gasteiger partial charge in [0, 0.05) is 37.4 Å². The van der Waals surface area contributed by atoms with Crippen molar-refractivity contribution in [1.82, 2.24) is 9.80 Å². The van der Waals surface area contributed by atoms with E-state index in [4.69, 9.17) is 4.74 Å². The summed E-state index contributed by atoms with van der Waals surface area (Å²) in [7, 11) is -3.36. The van der Waals surface area contributed by atoms with Gasteiger partial charge in [-0.25, -0.2) is 8.42 Å². The van der Waals surface area contributed by atoms with Crippen LogP contribution in [0.2, 0.25) is 0 Å². The van der Waals surface area contributed by atoms with E-state index < -0.39 is 10.0 Å². The van der Waals surface area contributed by atoms with Crippen molar-refractivity contribution in [1.29, 1.82) is 0 Å². The Morgan fingerprint density at radius 2 is 1.58 bits per heavy atom. The van der Waals surface area contributed by atoms with Crippen molar-refractivity contribution in [2.45, 2.75) is 13.3 Å². The summed E-state index contributed by atoms with van der Waals surface area (Å²) < 4.78 is 30.6. The molecule has 1 aliphatic heterocycles. The van der Waals surface area contributed by atoms with E-state index in [0.29, 0.717) is 37.4 Å². The number of carbonyl (C=O) groups excluding carboxylic acids is 2. The van der Waals surface area contributed by atoms with Gasteiger partial charge in [0.05, 0.1) is 6.26 Å². The third-order valence-electron chi connectivity index (χ3n) is 5.06. The van der Waals surface area contributed by atoms with Crippen molar-refractivity contribution >= 4 is 27.5 Å². The fourth-order valence-electron chi connectivity index (χ4n) is 3.40. The Morgan fingerprint density at radius 3 is 2.19 bits per heavy atom. The molecule has 31 heavy (non-hydrogen) atoms. The van der Waals surface area contributed by atoms with E-state index in [1.807, 2.05) is 31.2 Å². The smallest absolute Gasteiger partial charge is 0.260 e. The first kappa shape index (κ1) is 22.6. The number of aryl methyl sites for hydroxylation is 1. The zero-order valence-corrected chi connectivity index (χ0v) is 18.5. The number of amides is 2. The highest BCUT2D eigenvalue weighted by Crippen LogP contribution is 2.19. The molecule has 0 aliphatic carbocycles. The van der Waals surface area contributed by atoms with Crippen LogP contribution in [-0.4, -0.2) is 69.1 Å². The van der Waals surface area contributed by atoms with Gasteiger partial charge in [-0.1, -0.05) is 25.1 Å². The molecule has 1 heterocycles. The number of hydrogen-bond donors (Lipinski definition) is 1. The van der Waals surface area contributed by atoms with Crippen LogP contribution in [0.3, 0.4) is 0 Å². The van der Waals surface area contributed by atoms with Gasteiger partial charge in [0.25, 0.3) is 11.8 Å². The third-order valence-corrected chi connectivity index (χ3v) is 5.67. The molecule has 1 N–H and O–H groups in total. The maximum atomic E-state index is 12.7. The van der Waals surface area contributed by atoms with E-state index in [9.17, 15) is 18.0 Å². The first-order valence-corrected chi connectivity index (χ1v) is 12.0. The molecule has 9 heteroatoms. The van der Waals surface area contributed by atoms with Crippen LogP contribution in [0.5, 0.6) is 5.75 Å². The van der Waals surface area contributed by atoms with Gasteiger partial charge in [-0.05, 0) is 42.3 Å². The molecular weight excluding hydrogens is 418 g/mol. The Balaban J connectivity index is 1.50. The molecule has 2 amide bonds. The van der Waals surface area contributed by atoms with E-state index >= 15 is 0 Å². The fraction of sp³-hybridized carbons (Fsp3) is 0.364. The highest BCUT2D eigenvalue weighted by Gasteiger charge is 2.25. The Kier molecular flexibility index (Phi) is 7.17. The summed E-state index contributed by atoms with van der Waals surface area (Å²) in [4.78, 5) is 28.6. The van der Waals surface area contributed by atoms with Crippen LogP contribution in [0.25, 0.3) is 0 Å². The molecule has 1 saturated heterocycles. The summed E-state index contributed by atoms with van der Waals surface area (Å²) in [6, 6.07) is 14.0. The van der Waals surface area contributed by atoms with Crippen LogP contribution in [0.4, 0.5) is 5.69 Å². The lowest BCUT2D eigenvalue weighted by Crippen LogP contribution is -2.51. The SMILES string of the molecule is CCc1ccccc1OCC(=O)N1CCN(C(=O)c2ccc(NS(C)(=O)=O)cc2)CC1. The largest absolute Gasteiger partial charge is 0.483 e. The number of nitrogens with one attached hydrogen (secondary N) is 1. The van der Waals surface area contributed by atoms with Crippen LogP contribution in [0.1, 0.15) is 22.8 Å². The molecule has 1 fully saturated rings. The van der Waals surface area contributed by atoms with Gasteiger partial charge in [-0.15, -0.1) is 0 Å². The number of para-hydroxylation sites is 1. The number of piperazine rings is 1. The molecule has 0 spiro atoms. The summed E-state index contributed by atoms with van der Waals surface area (Å²) in [5.74, 6) is 0.473. The topological polar surface area (TPSA) is 96.0 Å². The maximum Gasteiger partial charge on any atom is 0.260 e. The average Bonchev–Trinajstić information content (AvgIpc) is 2.76. The molecule has 8 nitrogen and oxygen atoms in total. The number of nitrogens with zero attached hydrogens (tertiary/aromatic N) is 2. The van der Waals surface area contributed by atoms with Crippen LogP contribution < -0.4 is 9.46 Å². The monoisotopic (exact) mass is 445 g/mol. The van der Waals surface area contributed by atoms with Crippen LogP contribution in [-0.2, 0) is 21.2 Å². The Morgan fingerprint density at radius 1 is 0.968 bits per heavy atom. The van der Waals surface area contributed by atoms with E-state index in [1.54, 1.807) is 34.1 Å². The van der Waals surface area contributed by atoms with Crippen molar-refractivity contribution in [3.63, 3.8) is 0 Å². The van der Waals surface area contributed by atoms with Crippen molar-refractivity contribution in [3.05, 3.63) is 59.7 Å². The predicted octanol–water partition coefficient (Wildman–Crippen LogP) is 1.98. The number of rotatable bonds is 7. The fourth-order valence-corrected chi connectivity index (χ4v) is 3.97. The van der Waals surface area contributed by atoms with Crippen molar-refractivity contribution in [3.8, 4) is 5.75 Å². The minimum absolute atomic E-state index is 0.0280. The lowest BCUT2D eigenvalue weighted by atomic mass is 10.1. The second kappa shape index (κ2) is 9.82. The van der Waals surface area contributed by atoms with Gasteiger partial charge in [0.2, 0.25) is 10.0 Å². The average molecular weight is 446 g/mol. The first-order valence-electron chi connectivity index (χ1n) is 10.1. The molecule has 0 atom stereocenters. The standard InChI is InChI=1S/C22H27N3O5S/c1-3-17-6-4-5-7-20(17)30-16-21(26)24-12-14-25(15-13-24)22(27)18-8-10-19(11-9-18)23-31(2,28)29/h4-11,23H,3,12-16H2,1-2H3. The van der Waals surface area contributed by atoms with Gasteiger partial charge in [-0.3, -0.25) is 14.3 Å². The summed E-state index contributed by atoms with van der Waals surface area (Å²) in [5.41, 5.74) is 1.93. The number of ether oxygens (including phenoxy) is 1. The van der Waals surface area contributed by atoms with Gasteiger partial charge < -0.3 is 14.5 Å². The van der Waals surface area contributed by atoms with Gasteiger partial charge in [0.15, 0.2) is 6.61 Å². The first-order chi connectivity index (χ1) is 14.8. The maximum absolute atomic E-state index is 12.7. The highest BCUT2D eigenvalue weighted by molar-refractivity contribution is 7.92. The van der Waals surface area contributed by atoms with E-state index in [-0.39, 0.29) is 18.4 Å². The van der Waals surface area contributed by atoms with Gasteiger partial charge in [0.1, 0.15) is 5.75 Å². The van der Waals surface area contributed by atoms with E-state index in [1.165, 1.54) is 0 Å². The molecule has 2 aromatic rings. The van der Waals surface area contributed by atoms with Crippen LogP contribution >= 0.6 is 0 Å². The molecule has 1 aliphatic rings. The molecule has 3 rings (SSSR count). The molecule has 0 radical (unpaired) electrons. The number of hydrogen-bond acceptors (Lipinski definition) is 5. The molecule has 0 bridgehead atoms. The quantitative estimate of drug-likeness (QED) is 0.703. The molecule has 0 unspecified atom stereocenters. The van der Waals surface area contributed by atoms with E-state index in [0.717, 1.165) is 24.0 Å². The normalized spacial score (nSPS) is 14.3.